The van der Waals surface area contributed by atoms with Crippen LogP contribution in [0.4, 0.5) is 0 Å². The molecule has 3 atom stereocenters. The van der Waals surface area contributed by atoms with E-state index in [1.807, 2.05) is 25.1 Å². The van der Waals surface area contributed by atoms with Crippen molar-refractivity contribution in [3.63, 3.8) is 0 Å². The SMILES string of the molecule is C[C@H](CCc1ccccc1)NC(=O)COC(=O)CC12C[C@H]3C[C@@H](CC(Br)(C3)C1)C2. The zero-order valence-corrected chi connectivity index (χ0v) is 18.9. The van der Waals surface area contributed by atoms with Crippen molar-refractivity contribution < 1.29 is 14.3 Å². The van der Waals surface area contributed by atoms with Gasteiger partial charge in [0.2, 0.25) is 0 Å². The third-order valence-electron chi connectivity index (χ3n) is 7.11. The van der Waals surface area contributed by atoms with Crippen LogP contribution in [0.3, 0.4) is 0 Å². The number of aryl methyl sites for hydroxylation is 1. The van der Waals surface area contributed by atoms with Crippen LogP contribution in [0.25, 0.3) is 0 Å². The molecule has 4 saturated carbocycles. The summed E-state index contributed by atoms with van der Waals surface area (Å²) in [5.41, 5.74) is 1.35. The van der Waals surface area contributed by atoms with Crippen molar-refractivity contribution in [2.75, 3.05) is 6.61 Å². The first-order chi connectivity index (χ1) is 13.8. The van der Waals surface area contributed by atoms with Crippen molar-refractivity contribution in [3.05, 3.63) is 35.9 Å². The van der Waals surface area contributed by atoms with Crippen LogP contribution in [-0.4, -0.2) is 28.8 Å². The van der Waals surface area contributed by atoms with Gasteiger partial charge in [-0.2, -0.15) is 0 Å². The van der Waals surface area contributed by atoms with Crippen LogP contribution < -0.4 is 5.32 Å². The van der Waals surface area contributed by atoms with E-state index in [9.17, 15) is 9.59 Å². The minimum Gasteiger partial charge on any atom is -0.456 e. The summed E-state index contributed by atoms with van der Waals surface area (Å²) in [5.74, 6) is 1.07. The van der Waals surface area contributed by atoms with Crippen molar-refractivity contribution >= 4 is 27.8 Å². The van der Waals surface area contributed by atoms with Crippen molar-refractivity contribution in [2.24, 2.45) is 17.3 Å². The van der Waals surface area contributed by atoms with Gasteiger partial charge in [0.05, 0.1) is 6.42 Å². The number of carbonyl (C=O) groups is 2. The van der Waals surface area contributed by atoms with E-state index in [0.717, 1.165) is 43.9 Å². The van der Waals surface area contributed by atoms with E-state index in [2.05, 4.69) is 33.4 Å². The summed E-state index contributed by atoms with van der Waals surface area (Å²) in [5, 5.41) is 2.95. The van der Waals surface area contributed by atoms with Gasteiger partial charge in [-0.3, -0.25) is 9.59 Å². The van der Waals surface area contributed by atoms with E-state index < -0.39 is 0 Å². The van der Waals surface area contributed by atoms with Gasteiger partial charge in [-0.25, -0.2) is 0 Å². The molecule has 0 saturated heterocycles. The molecule has 158 valence electrons. The molecule has 0 aromatic heterocycles. The maximum Gasteiger partial charge on any atom is 0.306 e. The van der Waals surface area contributed by atoms with Crippen LogP contribution in [0.2, 0.25) is 0 Å². The van der Waals surface area contributed by atoms with Gasteiger partial charge in [-0.1, -0.05) is 46.3 Å². The molecule has 4 fully saturated rings. The summed E-state index contributed by atoms with van der Waals surface area (Å²) in [6, 6.07) is 10.3. The molecule has 1 aromatic carbocycles. The molecule has 29 heavy (non-hydrogen) atoms. The second kappa shape index (κ2) is 8.41. The van der Waals surface area contributed by atoms with E-state index in [1.54, 1.807) is 0 Å². The molecule has 0 heterocycles. The summed E-state index contributed by atoms with van der Waals surface area (Å²) < 4.78 is 5.61. The lowest BCUT2D eigenvalue weighted by molar-refractivity contribution is -0.154. The Bertz CT molecular complexity index is 736. The molecule has 0 radical (unpaired) electrons. The largest absolute Gasteiger partial charge is 0.456 e. The topological polar surface area (TPSA) is 55.4 Å². The number of carbonyl (C=O) groups excluding carboxylic acids is 2. The summed E-state index contributed by atoms with van der Waals surface area (Å²) in [4.78, 5) is 24.7. The fraction of sp³-hybridized carbons (Fsp3) is 0.667. The van der Waals surface area contributed by atoms with Gasteiger partial charge in [-0.15, -0.1) is 0 Å². The van der Waals surface area contributed by atoms with Crippen molar-refractivity contribution in [2.45, 2.75) is 75.1 Å². The van der Waals surface area contributed by atoms with Crippen molar-refractivity contribution in [3.8, 4) is 0 Å². The number of amides is 1. The quantitative estimate of drug-likeness (QED) is 0.447. The van der Waals surface area contributed by atoms with E-state index >= 15 is 0 Å². The second-order valence-electron chi connectivity index (χ2n) is 9.94. The van der Waals surface area contributed by atoms with Crippen LogP contribution >= 0.6 is 15.9 Å². The lowest BCUT2D eigenvalue weighted by Crippen LogP contribution is -2.53. The Morgan fingerprint density at radius 2 is 1.86 bits per heavy atom. The Hall–Kier alpha value is -1.36. The predicted octanol–water partition coefficient (Wildman–Crippen LogP) is 4.79. The fourth-order valence-corrected chi connectivity index (χ4v) is 7.97. The molecule has 4 nitrogen and oxygen atoms in total. The maximum atomic E-state index is 12.5. The Labute approximate surface area is 182 Å². The molecule has 1 aromatic rings. The van der Waals surface area contributed by atoms with Crippen molar-refractivity contribution in [1.29, 1.82) is 0 Å². The van der Waals surface area contributed by atoms with Gasteiger partial charge in [0.15, 0.2) is 6.61 Å². The van der Waals surface area contributed by atoms with Gasteiger partial charge >= 0.3 is 5.97 Å². The van der Waals surface area contributed by atoms with Crippen molar-refractivity contribution in [1.82, 2.24) is 5.32 Å². The number of nitrogens with one attached hydrogen (secondary N) is 1. The fourth-order valence-electron chi connectivity index (χ4n) is 6.46. The maximum absolute atomic E-state index is 12.5. The number of rotatable bonds is 8. The first kappa shape index (κ1) is 20.9. The summed E-state index contributed by atoms with van der Waals surface area (Å²) in [6.07, 6.45) is 9.45. The predicted molar refractivity (Wildman–Crippen MR) is 117 cm³/mol. The van der Waals surface area contributed by atoms with E-state index in [-0.39, 0.29) is 34.3 Å². The Morgan fingerprint density at radius 3 is 2.52 bits per heavy atom. The highest BCUT2D eigenvalue weighted by Gasteiger charge is 2.57. The minimum absolute atomic E-state index is 0.0535. The zero-order valence-electron chi connectivity index (χ0n) is 17.3. The van der Waals surface area contributed by atoms with E-state index in [1.165, 1.54) is 24.8 Å². The molecule has 1 N–H and O–H groups in total. The summed E-state index contributed by atoms with van der Waals surface area (Å²) in [7, 11) is 0. The molecular formula is C24H32BrNO3. The van der Waals surface area contributed by atoms with Gasteiger partial charge in [0.1, 0.15) is 0 Å². The van der Waals surface area contributed by atoms with Crippen LogP contribution in [0.5, 0.6) is 0 Å². The van der Waals surface area contributed by atoms with Crippen LogP contribution in [-0.2, 0) is 20.7 Å². The molecule has 5 heteroatoms. The third-order valence-corrected chi connectivity index (χ3v) is 8.04. The number of halogens is 1. The van der Waals surface area contributed by atoms with Crippen LogP contribution in [0.1, 0.15) is 63.9 Å². The highest BCUT2D eigenvalue weighted by atomic mass is 79.9. The molecule has 4 aliphatic rings. The molecule has 0 aliphatic heterocycles. The lowest BCUT2D eigenvalue weighted by Gasteiger charge is -2.60. The highest BCUT2D eigenvalue weighted by molar-refractivity contribution is 9.10. The molecule has 4 aliphatic carbocycles. The average molecular weight is 462 g/mol. The Kier molecular flexibility index (Phi) is 6.06. The molecule has 1 amide bonds. The highest BCUT2D eigenvalue weighted by Crippen LogP contribution is 2.65. The van der Waals surface area contributed by atoms with Gasteiger partial charge in [0, 0.05) is 10.4 Å². The monoisotopic (exact) mass is 461 g/mol. The molecule has 4 bridgehead atoms. The molecular weight excluding hydrogens is 430 g/mol. The van der Waals surface area contributed by atoms with Gasteiger partial charge in [0.25, 0.3) is 5.91 Å². The number of esters is 1. The number of ether oxygens (including phenoxy) is 1. The number of hydrogen-bond donors (Lipinski definition) is 1. The Balaban J connectivity index is 1.19. The van der Waals surface area contributed by atoms with E-state index in [4.69, 9.17) is 4.74 Å². The number of alkyl halides is 1. The molecule has 0 unspecified atom stereocenters. The Morgan fingerprint density at radius 1 is 1.17 bits per heavy atom. The summed E-state index contributed by atoms with van der Waals surface area (Å²) in [6.45, 7) is 1.82. The first-order valence-corrected chi connectivity index (χ1v) is 11.8. The average Bonchev–Trinajstić information content (AvgIpc) is 2.63. The van der Waals surface area contributed by atoms with Crippen LogP contribution in [0.15, 0.2) is 30.3 Å². The minimum atomic E-state index is -0.213. The van der Waals surface area contributed by atoms with Crippen LogP contribution in [0, 0.1) is 17.3 Å². The zero-order chi connectivity index (χ0) is 20.5. The summed E-state index contributed by atoms with van der Waals surface area (Å²) >= 11 is 3.99. The lowest BCUT2D eigenvalue weighted by atomic mass is 9.49. The first-order valence-electron chi connectivity index (χ1n) is 11.0. The van der Waals surface area contributed by atoms with Gasteiger partial charge in [-0.05, 0) is 81.1 Å². The van der Waals surface area contributed by atoms with E-state index in [0.29, 0.717) is 6.42 Å². The second-order valence-corrected chi connectivity index (χ2v) is 11.6. The molecule has 0 spiro atoms. The number of benzene rings is 1. The van der Waals surface area contributed by atoms with Gasteiger partial charge < -0.3 is 10.1 Å². The molecule has 5 rings (SSSR count). The number of hydrogen-bond acceptors (Lipinski definition) is 3. The third kappa shape index (κ3) is 5.22. The smallest absolute Gasteiger partial charge is 0.306 e. The normalized spacial score (nSPS) is 33.3. The standard InChI is InChI=1S/C24H32BrNO3/c1-17(7-8-18-5-3-2-4-6-18)26-21(27)15-29-22(28)14-23-10-19-9-20(11-23)13-24(25,12-19)16-23/h2-6,17,19-20H,7-16H2,1H3,(H,26,27)/t17-,19-,20-,23?,24?/m1/s1.